The molecule has 7 heteroatoms. The van der Waals surface area contributed by atoms with Crippen LogP contribution in [0.5, 0.6) is 0 Å². The van der Waals surface area contributed by atoms with Crippen molar-refractivity contribution >= 4 is 44.5 Å². The van der Waals surface area contributed by atoms with Gasteiger partial charge in [0.05, 0.1) is 21.7 Å². The van der Waals surface area contributed by atoms with E-state index in [0.717, 1.165) is 4.70 Å². The van der Waals surface area contributed by atoms with Crippen LogP contribution in [0, 0.1) is 10.1 Å². The Morgan fingerprint density at radius 3 is 3.06 bits per heavy atom. The number of anilines is 1. The largest absolute Gasteiger partial charge is 0.374 e. The second-order valence-electron chi connectivity index (χ2n) is 3.29. The van der Waals surface area contributed by atoms with E-state index in [1.807, 2.05) is 0 Å². The summed E-state index contributed by atoms with van der Waals surface area (Å²) < 4.78 is 0.784. The Morgan fingerprint density at radius 2 is 2.41 bits per heavy atom. The van der Waals surface area contributed by atoms with Crippen molar-refractivity contribution in [2.45, 2.75) is 0 Å². The van der Waals surface area contributed by atoms with Gasteiger partial charge in [0.1, 0.15) is 5.69 Å². The van der Waals surface area contributed by atoms with E-state index in [-0.39, 0.29) is 12.2 Å². The van der Waals surface area contributed by atoms with Gasteiger partial charge in [-0.15, -0.1) is 11.3 Å². The molecule has 1 N–H and O–H groups in total. The van der Waals surface area contributed by atoms with E-state index in [1.165, 1.54) is 11.3 Å². The summed E-state index contributed by atoms with van der Waals surface area (Å²) in [5, 5.41) is 14.3. The Kier molecular flexibility index (Phi) is 3.26. The fourth-order valence-electron chi connectivity index (χ4n) is 1.44. The molecule has 5 nitrogen and oxygen atoms in total. The van der Waals surface area contributed by atoms with Crippen molar-refractivity contribution in [3.05, 3.63) is 39.4 Å². The van der Waals surface area contributed by atoms with E-state index >= 15 is 0 Å². The van der Waals surface area contributed by atoms with Crippen molar-refractivity contribution in [3.8, 4) is 0 Å². The Morgan fingerprint density at radius 1 is 1.65 bits per heavy atom. The predicted molar refractivity (Wildman–Crippen MR) is 69.8 cm³/mol. The van der Waals surface area contributed by atoms with Gasteiger partial charge in [-0.25, -0.2) is 4.98 Å². The topological polar surface area (TPSA) is 68.1 Å². The highest BCUT2D eigenvalue weighted by Crippen LogP contribution is 2.34. The highest BCUT2D eigenvalue weighted by atomic mass is 35.5. The molecule has 0 radical (unpaired) electrons. The number of benzene rings is 1. The maximum absolute atomic E-state index is 11.1. The molecular weight excluding hydrogens is 262 g/mol. The van der Waals surface area contributed by atoms with Crippen LogP contribution in [-0.2, 0) is 0 Å². The summed E-state index contributed by atoms with van der Waals surface area (Å²) in [5.41, 5.74) is 2.35. The van der Waals surface area contributed by atoms with Crippen molar-refractivity contribution in [2.24, 2.45) is 0 Å². The molecule has 88 valence electrons. The molecule has 0 saturated heterocycles. The van der Waals surface area contributed by atoms with Crippen molar-refractivity contribution in [3.63, 3.8) is 0 Å². The zero-order valence-electron chi connectivity index (χ0n) is 8.64. The van der Waals surface area contributed by atoms with Crippen LogP contribution in [-0.4, -0.2) is 16.5 Å². The molecule has 0 amide bonds. The monoisotopic (exact) mass is 269 g/mol. The maximum atomic E-state index is 11.1. The molecule has 0 bridgehead atoms. The standard InChI is InChI=1S/C10H8ClN3O2S/c1-6(11)4-12-7-2-3-8-9(13-5-17-8)10(7)14(15)16/h2-3,5,12H,1,4H2. The molecule has 0 atom stereocenters. The second-order valence-corrected chi connectivity index (χ2v) is 4.71. The third-order valence-corrected chi connectivity index (χ3v) is 3.06. The van der Waals surface area contributed by atoms with Crippen LogP contribution in [0.1, 0.15) is 0 Å². The Hall–Kier alpha value is -1.66. The van der Waals surface area contributed by atoms with Crippen LogP contribution < -0.4 is 5.32 Å². The SMILES string of the molecule is C=C(Cl)CNc1ccc2scnc2c1[N+](=O)[O-]. The van der Waals surface area contributed by atoms with Crippen LogP contribution in [0.2, 0.25) is 0 Å². The highest BCUT2D eigenvalue weighted by Gasteiger charge is 2.20. The van der Waals surface area contributed by atoms with Gasteiger partial charge in [0.25, 0.3) is 0 Å². The lowest BCUT2D eigenvalue weighted by molar-refractivity contribution is -0.382. The summed E-state index contributed by atoms with van der Waals surface area (Å²) in [7, 11) is 0. The number of nitro groups is 1. The molecule has 0 aliphatic rings. The van der Waals surface area contributed by atoms with E-state index < -0.39 is 4.92 Å². The molecule has 1 aromatic heterocycles. The predicted octanol–water partition coefficient (Wildman–Crippen LogP) is 3.37. The van der Waals surface area contributed by atoms with Crippen molar-refractivity contribution in [1.82, 2.24) is 4.98 Å². The van der Waals surface area contributed by atoms with Crippen molar-refractivity contribution in [1.29, 1.82) is 0 Å². The number of fused-ring (bicyclic) bond motifs is 1. The molecule has 0 fully saturated rings. The number of hydrogen-bond donors (Lipinski definition) is 1. The Labute approximate surface area is 106 Å². The minimum atomic E-state index is -0.443. The number of aromatic nitrogens is 1. The Bertz CT molecular complexity index is 596. The number of hydrogen-bond acceptors (Lipinski definition) is 5. The molecule has 2 rings (SSSR count). The minimum Gasteiger partial charge on any atom is -0.374 e. The second kappa shape index (κ2) is 4.68. The summed E-state index contributed by atoms with van der Waals surface area (Å²) >= 11 is 6.98. The summed E-state index contributed by atoms with van der Waals surface area (Å²) in [6, 6.07) is 3.44. The van der Waals surface area contributed by atoms with Gasteiger partial charge in [-0.05, 0) is 12.1 Å². The fraction of sp³-hybridized carbons (Fsp3) is 0.100. The van der Waals surface area contributed by atoms with Gasteiger partial charge in [0.2, 0.25) is 0 Å². The molecule has 0 unspecified atom stereocenters. The van der Waals surface area contributed by atoms with Gasteiger partial charge >= 0.3 is 5.69 Å². The number of thiazole rings is 1. The first-order chi connectivity index (χ1) is 8.09. The third kappa shape index (κ3) is 2.37. The van der Waals surface area contributed by atoms with Crippen LogP contribution in [0.25, 0.3) is 10.2 Å². The van der Waals surface area contributed by atoms with Gasteiger partial charge < -0.3 is 5.32 Å². The molecule has 1 heterocycles. The normalized spacial score (nSPS) is 10.4. The van der Waals surface area contributed by atoms with Gasteiger partial charge in [0.15, 0.2) is 5.52 Å². The number of nitro benzene ring substituents is 1. The van der Waals surface area contributed by atoms with E-state index in [0.29, 0.717) is 16.2 Å². The molecule has 17 heavy (non-hydrogen) atoms. The zero-order chi connectivity index (χ0) is 12.4. The first kappa shape index (κ1) is 11.8. The minimum absolute atomic E-state index is 0.0262. The summed E-state index contributed by atoms with van der Waals surface area (Å²) in [6.07, 6.45) is 0. The average Bonchev–Trinajstić information content (AvgIpc) is 2.72. The third-order valence-electron chi connectivity index (χ3n) is 2.13. The quantitative estimate of drug-likeness (QED) is 0.682. The first-order valence-electron chi connectivity index (χ1n) is 4.67. The maximum Gasteiger partial charge on any atom is 0.319 e. The molecule has 0 aliphatic heterocycles. The molecule has 0 aliphatic carbocycles. The molecule has 2 aromatic rings. The van der Waals surface area contributed by atoms with Crippen molar-refractivity contribution in [2.75, 3.05) is 11.9 Å². The number of halogens is 1. The van der Waals surface area contributed by atoms with Gasteiger partial charge in [0, 0.05) is 5.03 Å². The summed E-state index contributed by atoms with van der Waals surface area (Å²) in [6.45, 7) is 3.79. The summed E-state index contributed by atoms with van der Waals surface area (Å²) in [4.78, 5) is 14.6. The van der Waals surface area contributed by atoms with Gasteiger partial charge in [-0.3, -0.25) is 10.1 Å². The first-order valence-corrected chi connectivity index (χ1v) is 5.93. The number of rotatable bonds is 4. The van der Waals surface area contributed by atoms with E-state index in [4.69, 9.17) is 11.6 Å². The Balaban J connectivity index is 2.50. The van der Waals surface area contributed by atoms with E-state index in [2.05, 4.69) is 16.9 Å². The lowest BCUT2D eigenvalue weighted by atomic mass is 10.2. The van der Waals surface area contributed by atoms with Crippen molar-refractivity contribution < 1.29 is 4.92 Å². The zero-order valence-corrected chi connectivity index (χ0v) is 10.2. The number of nitrogens with zero attached hydrogens (tertiary/aromatic N) is 2. The lowest BCUT2D eigenvalue weighted by Gasteiger charge is -2.05. The lowest BCUT2D eigenvalue weighted by Crippen LogP contribution is -2.04. The van der Waals surface area contributed by atoms with Gasteiger partial charge in [-0.2, -0.15) is 0 Å². The van der Waals surface area contributed by atoms with Crippen LogP contribution in [0.15, 0.2) is 29.3 Å². The molecule has 0 saturated carbocycles. The molecule has 1 aromatic carbocycles. The van der Waals surface area contributed by atoms with E-state index in [9.17, 15) is 10.1 Å². The van der Waals surface area contributed by atoms with Gasteiger partial charge in [-0.1, -0.05) is 18.2 Å². The molecular formula is C10H8ClN3O2S. The average molecular weight is 270 g/mol. The van der Waals surface area contributed by atoms with E-state index in [1.54, 1.807) is 17.6 Å². The number of nitrogens with one attached hydrogen (secondary N) is 1. The van der Waals surface area contributed by atoms with Crippen LogP contribution in [0.3, 0.4) is 0 Å². The van der Waals surface area contributed by atoms with Crippen LogP contribution in [0.4, 0.5) is 11.4 Å². The highest BCUT2D eigenvalue weighted by molar-refractivity contribution is 7.16. The summed E-state index contributed by atoms with van der Waals surface area (Å²) in [5.74, 6) is 0. The van der Waals surface area contributed by atoms with Crippen LogP contribution >= 0.6 is 22.9 Å². The smallest absolute Gasteiger partial charge is 0.319 e. The fourth-order valence-corrected chi connectivity index (χ4v) is 2.18. The molecule has 0 spiro atoms.